The highest BCUT2D eigenvalue weighted by Gasteiger charge is 2.23. The largest absolute Gasteiger partial charge is 0.319 e. The Morgan fingerprint density at radius 3 is 1.85 bits per heavy atom. The van der Waals surface area contributed by atoms with Gasteiger partial charge in [-0.1, -0.05) is 128 Å². The SMILES string of the molecule is C=C1/C=C(c2c3ccccc3c(-c3ccc4ccccc4c3)c3ccccc23)\C=C/Cn2c(nc3c4cccnc4c4ncccc4c32)-c2ccccc21. The molecular weight excluding hydrogens is 657 g/mol. The molecule has 10 aromatic rings. The van der Waals surface area contributed by atoms with Crippen molar-refractivity contribution in [1.82, 2.24) is 19.5 Å². The molecule has 4 nitrogen and oxygen atoms in total. The number of pyridine rings is 2. The fraction of sp³-hybridized carbons (Fsp3) is 0.0200. The molecule has 252 valence electrons. The summed E-state index contributed by atoms with van der Waals surface area (Å²) in [4.78, 5) is 15.0. The fourth-order valence-corrected chi connectivity index (χ4v) is 8.67. The number of benzene rings is 7. The maximum absolute atomic E-state index is 5.40. The Balaban J connectivity index is 1.18. The van der Waals surface area contributed by atoms with Crippen LogP contribution in [0, 0.1) is 0 Å². The Kier molecular flexibility index (Phi) is 6.73. The number of fused-ring (bicyclic) bond motifs is 13. The molecule has 11 rings (SSSR count). The molecule has 54 heavy (non-hydrogen) atoms. The van der Waals surface area contributed by atoms with Crippen LogP contribution >= 0.6 is 0 Å². The predicted molar refractivity (Wildman–Crippen MR) is 226 cm³/mol. The topological polar surface area (TPSA) is 43.6 Å². The van der Waals surface area contributed by atoms with Crippen molar-refractivity contribution in [3.63, 3.8) is 0 Å². The van der Waals surface area contributed by atoms with Crippen LogP contribution in [0.15, 0.2) is 177 Å². The minimum atomic E-state index is 0.616. The molecule has 0 bridgehead atoms. The van der Waals surface area contributed by atoms with E-state index < -0.39 is 0 Å². The van der Waals surface area contributed by atoms with Crippen LogP contribution in [0.25, 0.3) is 98.8 Å². The molecule has 0 unspecified atom stereocenters. The predicted octanol–water partition coefficient (Wildman–Crippen LogP) is 12.6. The van der Waals surface area contributed by atoms with E-state index in [9.17, 15) is 0 Å². The molecule has 4 heterocycles. The van der Waals surface area contributed by atoms with Gasteiger partial charge in [-0.3, -0.25) is 9.97 Å². The van der Waals surface area contributed by atoms with E-state index in [1.165, 1.54) is 49.0 Å². The number of nitrogens with zero attached hydrogens (tertiary/aromatic N) is 4. The Hall–Kier alpha value is -7.17. The van der Waals surface area contributed by atoms with Gasteiger partial charge >= 0.3 is 0 Å². The summed E-state index contributed by atoms with van der Waals surface area (Å²) in [7, 11) is 0. The molecule has 0 N–H and O–H groups in total. The van der Waals surface area contributed by atoms with Gasteiger partial charge < -0.3 is 4.57 Å². The molecule has 7 aromatic carbocycles. The molecule has 0 saturated heterocycles. The fourth-order valence-electron chi connectivity index (χ4n) is 8.67. The molecular formula is C50H32N4. The van der Waals surface area contributed by atoms with Crippen molar-refractivity contribution in [1.29, 1.82) is 0 Å². The van der Waals surface area contributed by atoms with Crippen molar-refractivity contribution in [3.8, 4) is 22.5 Å². The molecule has 0 amide bonds. The average Bonchev–Trinajstić information content (AvgIpc) is 3.62. The van der Waals surface area contributed by atoms with Crippen molar-refractivity contribution < 1.29 is 0 Å². The van der Waals surface area contributed by atoms with Crippen LogP contribution in [-0.2, 0) is 6.54 Å². The lowest BCUT2D eigenvalue weighted by Crippen LogP contribution is -2.02. The van der Waals surface area contributed by atoms with Gasteiger partial charge in [0.05, 0.1) is 22.1 Å². The first-order valence-corrected chi connectivity index (χ1v) is 18.3. The molecule has 4 heteroatoms. The number of allylic oxidation sites excluding steroid dienone is 5. The summed E-state index contributed by atoms with van der Waals surface area (Å²) >= 11 is 0. The molecule has 0 spiro atoms. The number of imidazole rings is 1. The maximum Gasteiger partial charge on any atom is 0.142 e. The lowest BCUT2D eigenvalue weighted by atomic mass is 9.84. The van der Waals surface area contributed by atoms with E-state index in [2.05, 4.69) is 150 Å². The van der Waals surface area contributed by atoms with Gasteiger partial charge in [0, 0.05) is 35.3 Å². The first-order chi connectivity index (χ1) is 26.7. The summed E-state index contributed by atoms with van der Waals surface area (Å²) in [6.07, 6.45) is 10.5. The summed E-state index contributed by atoms with van der Waals surface area (Å²) in [6, 6.07) is 49.9. The maximum atomic E-state index is 5.40. The van der Waals surface area contributed by atoms with Crippen molar-refractivity contribution >= 4 is 76.3 Å². The van der Waals surface area contributed by atoms with Gasteiger partial charge in [-0.25, -0.2) is 4.98 Å². The van der Waals surface area contributed by atoms with E-state index in [4.69, 9.17) is 21.5 Å². The van der Waals surface area contributed by atoms with E-state index in [1.54, 1.807) is 0 Å². The van der Waals surface area contributed by atoms with Crippen LogP contribution in [-0.4, -0.2) is 19.5 Å². The van der Waals surface area contributed by atoms with Gasteiger partial charge in [-0.15, -0.1) is 0 Å². The number of rotatable bonds is 2. The van der Waals surface area contributed by atoms with Crippen molar-refractivity contribution in [2.24, 2.45) is 0 Å². The second-order valence-corrected chi connectivity index (χ2v) is 14.0. The summed E-state index contributed by atoms with van der Waals surface area (Å²) in [5, 5.41) is 9.37. The summed E-state index contributed by atoms with van der Waals surface area (Å²) in [6.45, 7) is 5.33. The monoisotopic (exact) mass is 688 g/mol. The second kappa shape index (κ2) is 11.9. The van der Waals surface area contributed by atoms with Gasteiger partial charge in [0.2, 0.25) is 0 Å². The van der Waals surface area contributed by atoms with E-state index in [1.807, 2.05) is 24.5 Å². The lowest BCUT2D eigenvalue weighted by Gasteiger charge is -2.20. The first kappa shape index (κ1) is 30.5. The van der Waals surface area contributed by atoms with Gasteiger partial charge in [0.1, 0.15) is 5.82 Å². The van der Waals surface area contributed by atoms with Crippen LogP contribution in [0.5, 0.6) is 0 Å². The Labute approximate surface area is 311 Å². The second-order valence-electron chi connectivity index (χ2n) is 14.0. The van der Waals surface area contributed by atoms with Crippen LogP contribution in [0.1, 0.15) is 11.1 Å². The average molecular weight is 689 g/mol. The summed E-state index contributed by atoms with van der Waals surface area (Å²) in [5.74, 6) is 0.903. The van der Waals surface area contributed by atoms with E-state index in [0.29, 0.717) is 6.54 Å². The van der Waals surface area contributed by atoms with Crippen LogP contribution in [0.3, 0.4) is 0 Å². The zero-order valence-corrected chi connectivity index (χ0v) is 29.4. The van der Waals surface area contributed by atoms with Crippen LogP contribution in [0.2, 0.25) is 0 Å². The third-order valence-electron chi connectivity index (χ3n) is 11.0. The smallest absolute Gasteiger partial charge is 0.142 e. The molecule has 0 atom stereocenters. The van der Waals surface area contributed by atoms with Crippen LogP contribution < -0.4 is 0 Å². The molecule has 1 aliphatic heterocycles. The lowest BCUT2D eigenvalue weighted by molar-refractivity contribution is 0.862. The molecule has 1 aliphatic rings. The highest BCUT2D eigenvalue weighted by atomic mass is 15.1. The van der Waals surface area contributed by atoms with Crippen molar-refractivity contribution in [3.05, 3.63) is 188 Å². The minimum absolute atomic E-state index is 0.616. The zero-order chi connectivity index (χ0) is 35.8. The highest BCUT2D eigenvalue weighted by molar-refractivity contribution is 6.22. The normalized spacial score (nSPS) is 14.7. The molecule has 0 fully saturated rings. The zero-order valence-electron chi connectivity index (χ0n) is 29.4. The third-order valence-corrected chi connectivity index (χ3v) is 11.0. The standard InChI is InChI=1S/C50H32N4/c1-31-29-34(44-37-17-5-7-19-39(37)45(40-20-8-6-18-38(40)44)35-25-24-32-13-2-3-14-33(32)30-35)15-12-28-54-49-43-23-11-27-52-47(43)46-42(22-10-26-51-46)48(49)53-50(54)41-21-9-4-16-36(31)41/h2-27,29-30H,1,28H2/b15-12-,34-29+. The molecule has 3 aromatic heterocycles. The minimum Gasteiger partial charge on any atom is -0.319 e. The summed E-state index contributed by atoms with van der Waals surface area (Å²) in [5.41, 5.74) is 11.5. The van der Waals surface area contributed by atoms with E-state index in [0.717, 1.165) is 60.9 Å². The van der Waals surface area contributed by atoms with Gasteiger partial charge in [0.15, 0.2) is 0 Å². The summed E-state index contributed by atoms with van der Waals surface area (Å²) < 4.78 is 2.34. The van der Waals surface area contributed by atoms with Crippen molar-refractivity contribution in [2.45, 2.75) is 6.54 Å². The Morgan fingerprint density at radius 1 is 0.519 bits per heavy atom. The molecule has 0 saturated carbocycles. The third kappa shape index (κ3) is 4.53. The molecule has 0 aliphatic carbocycles. The Bertz CT molecular complexity index is 3210. The van der Waals surface area contributed by atoms with E-state index >= 15 is 0 Å². The van der Waals surface area contributed by atoms with Crippen molar-refractivity contribution in [2.75, 3.05) is 0 Å². The quantitative estimate of drug-likeness (QED) is 0.134. The molecule has 0 radical (unpaired) electrons. The highest BCUT2D eigenvalue weighted by Crippen LogP contribution is 2.44. The van der Waals surface area contributed by atoms with Crippen LogP contribution in [0.4, 0.5) is 0 Å². The number of hydrogen-bond acceptors (Lipinski definition) is 3. The van der Waals surface area contributed by atoms with Gasteiger partial charge in [0.25, 0.3) is 0 Å². The number of aromatic nitrogens is 4. The Morgan fingerprint density at radius 2 is 1.11 bits per heavy atom. The first-order valence-electron chi connectivity index (χ1n) is 18.3. The number of hydrogen-bond donors (Lipinski definition) is 0. The van der Waals surface area contributed by atoms with E-state index in [-0.39, 0.29) is 0 Å². The van der Waals surface area contributed by atoms with Gasteiger partial charge in [-0.05, 0) is 102 Å². The van der Waals surface area contributed by atoms with Gasteiger partial charge in [-0.2, -0.15) is 0 Å².